The highest BCUT2D eigenvalue weighted by molar-refractivity contribution is 5.77. The van der Waals surface area contributed by atoms with Crippen LogP contribution in [-0.2, 0) is 11.3 Å². The normalized spacial score (nSPS) is 22.1. The second-order valence-electron chi connectivity index (χ2n) is 7.39. The van der Waals surface area contributed by atoms with Crippen molar-refractivity contribution in [1.82, 2.24) is 9.80 Å². The first-order valence-corrected chi connectivity index (χ1v) is 9.14. The third kappa shape index (κ3) is 5.05. The minimum atomic E-state index is 0.273. The number of rotatable bonds is 8. The lowest BCUT2D eigenvalue weighted by Gasteiger charge is -2.38. The van der Waals surface area contributed by atoms with E-state index in [1.54, 1.807) is 13.4 Å². The molecule has 1 aliphatic heterocycles. The van der Waals surface area contributed by atoms with Crippen LogP contribution in [0.5, 0.6) is 0 Å². The molecule has 3 rings (SSSR count). The summed E-state index contributed by atoms with van der Waals surface area (Å²) >= 11 is 0. The summed E-state index contributed by atoms with van der Waals surface area (Å²) in [6.07, 6.45) is 2.84. The van der Waals surface area contributed by atoms with Crippen molar-refractivity contribution in [2.24, 2.45) is 11.8 Å². The molecule has 1 saturated heterocycles. The number of likely N-dealkylation sites (N-methyl/N-ethyl adjacent to an activating group) is 1. The Labute approximate surface area is 150 Å². The van der Waals surface area contributed by atoms with E-state index >= 15 is 0 Å². The minimum absolute atomic E-state index is 0.273. The van der Waals surface area contributed by atoms with Crippen LogP contribution in [0.4, 0.5) is 0 Å². The number of aliphatic hydroxyl groups excluding tert-OH is 1. The number of methoxy groups -OCH3 is 1. The Kier molecular flexibility index (Phi) is 6.48. The van der Waals surface area contributed by atoms with Crippen LogP contribution < -0.4 is 0 Å². The fourth-order valence-corrected chi connectivity index (χ4v) is 3.97. The molecule has 0 spiro atoms. The Bertz CT molecular complexity index is 657. The summed E-state index contributed by atoms with van der Waals surface area (Å²) in [4.78, 5) is 4.82. The van der Waals surface area contributed by atoms with Gasteiger partial charge in [0.05, 0.1) is 12.9 Å². The molecule has 0 radical (unpaired) electrons. The van der Waals surface area contributed by atoms with Crippen LogP contribution in [-0.4, -0.2) is 68.5 Å². The lowest BCUT2D eigenvalue weighted by molar-refractivity contribution is 0.0615. The number of hydrogen-bond donors (Lipinski definition) is 1. The summed E-state index contributed by atoms with van der Waals surface area (Å²) in [5.41, 5.74) is 2.24. The van der Waals surface area contributed by atoms with Gasteiger partial charge in [-0.3, -0.25) is 4.90 Å². The molecular weight excluding hydrogens is 316 g/mol. The van der Waals surface area contributed by atoms with Crippen molar-refractivity contribution in [3.05, 3.63) is 36.1 Å². The maximum absolute atomic E-state index is 9.71. The van der Waals surface area contributed by atoms with E-state index < -0.39 is 0 Å². The SMILES string of the molecule is COCCN(C)C[C@H]1C[C@H](CO)CN(Cc2ccc3occc3c2)C1. The Hall–Kier alpha value is -1.40. The van der Waals surface area contributed by atoms with Crippen molar-refractivity contribution < 1.29 is 14.3 Å². The molecule has 0 amide bonds. The third-order valence-electron chi connectivity index (χ3n) is 5.13. The van der Waals surface area contributed by atoms with E-state index in [1.807, 2.05) is 12.1 Å². The molecular formula is C20H30N2O3. The predicted molar refractivity (Wildman–Crippen MR) is 99.5 cm³/mol. The van der Waals surface area contributed by atoms with E-state index in [-0.39, 0.29) is 6.61 Å². The summed E-state index contributed by atoms with van der Waals surface area (Å²) in [5.74, 6) is 0.956. The van der Waals surface area contributed by atoms with Gasteiger partial charge in [-0.15, -0.1) is 0 Å². The highest BCUT2D eigenvalue weighted by Crippen LogP contribution is 2.25. The summed E-state index contributed by atoms with van der Waals surface area (Å²) in [7, 11) is 3.90. The molecule has 1 aromatic heterocycles. The van der Waals surface area contributed by atoms with Gasteiger partial charge in [0.1, 0.15) is 5.58 Å². The van der Waals surface area contributed by atoms with Crippen molar-refractivity contribution >= 4 is 11.0 Å². The van der Waals surface area contributed by atoms with Crippen LogP contribution in [0.1, 0.15) is 12.0 Å². The Morgan fingerprint density at radius 3 is 2.92 bits per heavy atom. The zero-order chi connectivity index (χ0) is 17.6. The van der Waals surface area contributed by atoms with Gasteiger partial charge >= 0.3 is 0 Å². The molecule has 2 heterocycles. The topological polar surface area (TPSA) is 49.1 Å². The lowest BCUT2D eigenvalue weighted by Crippen LogP contribution is -2.45. The van der Waals surface area contributed by atoms with Gasteiger partial charge in [-0.25, -0.2) is 0 Å². The van der Waals surface area contributed by atoms with E-state index in [2.05, 4.69) is 29.0 Å². The molecule has 138 valence electrons. The van der Waals surface area contributed by atoms with Crippen LogP contribution in [0.25, 0.3) is 11.0 Å². The molecule has 1 fully saturated rings. The second-order valence-corrected chi connectivity index (χ2v) is 7.39. The Morgan fingerprint density at radius 1 is 1.28 bits per heavy atom. The fourth-order valence-electron chi connectivity index (χ4n) is 3.97. The number of ether oxygens (including phenoxy) is 1. The molecule has 0 aliphatic carbocycles. The Balaban J connectivity index is 1.61. The Morgan fingerprint density at radius 2 is 2.12 bits per heavy atom. The lowest BCUT2D eigenvalue weighted by atomic mass is 9.89. The van der Waals surface area contributed by atoms with Crippen molar-refractivity contribution in [2.45, 2.75) is 13.0 Å². The van der Waals surface area contributed by atoms with Gasteiger partial charge in [-0.05, 0) is 49.1 Å². The zero-order valence-electron chi connectivity index (χ0n) is 15.4. The molecule has 5 heteroatoms. The van der Waals surface area contributed by atoms with Gasteiger partial charge in [0, 0.05) is 51.8 Å². The van der Waals surface area contributed by atoms with Crippen molar-refractivity contribution in [3.8, 4) is 0 Å². The highest BCUT2D eigenvalue weighted by Gasteiger charge is 2.27. The fraction of sp³-hybridized carbons (Fsp3) is 0.600. The third-order valence-corrected chi connectivity index (χ3v) is 5.13. The first-order valence-electron chi connectivity index (χ1n) is 9.14. The summed E-state index contributed by atoms with van der Waals surface area (Å²) < 4.78 is 10.6. The van der Waals surface area contributed by atoms with Crippen molar-refractivity contribution in [1.29, 1.82) is 0 Å². The van der Waals surface area contributed by atoms with E-state index in [1.165, 1.54) is 5.56 Å². The van der Waals surface area contributed by atoms with Crippen molar-refractivity contribution in [2.75, 3.05) is 53.6 Å². The van der Waals surface area contributed by atoms with Gasteiger partial charge in [0.2, 0.25) is 0 Å². The van der Waals surface area contributed by atoms with Gasteiger partial charge in [0.15, 0.2) is 0 Å². The van der Waals surface area contributed by atoms with Gasteiger partial charge in [-0.1, -0.05) is 6.07 Å². The first kappa shape index (κ1) is 18.4. The smallest absolute Gasteiger partial charge is 0.133 e. The average molecular weight is 346 g/mol. The molecule has 1 aromatic carbocycles. The molecule has 25 heavy (non-hydrogen) atoms. The second kappa shape index (κ2) is 8.81. The van der Waals surface area contributed by atoms with E-state index in [9.17, 15) is 5.11 Å². The highest BCUT2D eigenvalue weighted by atomic mass is 16.5. The van der Waals surface area contributed by atoms with E-state index in [0.29, 0.717) is 11.8 Å². The summed E-state index contributed by atoms with van der Waals surface area (Å²) in [5, 5.41) is 10.9. The number of likely N-dealkylation sites (tertiary alicyclic amines) is 1. The number of aliphatic hydroxyl groups is 1. The van der Waals surface area contributed by atoms with Gasteiger partial charge in [-0.2, -0.15) is 0 Å². The average Bonchev–Trinajstić information content (AvgIpc) is 3.07. The summed E-state index contributed by atoms with van der Waals surface area (Å²) in [6.45, 7) is 6.02. The monoisotopic (exact) mass is 346 g/mol. The molecule has 1 N–H and O–H groups in total. The maximum Gasteiger partial charge on any atom is 0.133 e. The summed E-state index contributed by atoms with van der Waals surface area (Å²) in [6, 6.07) is 8.42. The van der Waals surface area contributed by atoms with Crippen LogP contribution in [0, 0.1) is 11.8 Å². The van der Waals surface area contributed by atoms with Gasteiger partial charge < -0.3 is 19.2 Å². The zero-order valence-corrected chi connectivity index (χ0v) is 15.4. The number of furan rings is 1. The molecule has 0 unspecified atom stereocenters. The molecule has 2 aromatic rings. The first-order chi connectivity index (χ1) is 12.2. The van der Waals surface area contributed by atoms with Crippen LogP contribution >= 0.6 is 0 Å². The number of fused-ring (bicyclic) bond motifs is 1. The quantitative estimate of drug-likeness (QED) is 0.796. The minimum Gasteiger partial charge on any atom is -0.464 e. The molecule has 0 bridgehead atoms. The molecule has 0 saturated carbocycles. The number of hydrogen-bond acceptors (Lipinski definition) is 5. The van der Waals surface area contributed by atoms with Crippen molar-refractivity contribution in [3.63, 3.8) is 0 Å². The van der Waals surface area contributed by atoms with Crippen LogP contribution in [0.15, 0.2) is 34.9 Å². The van der Waals surface area contributed by atoms with Crippen LogP contribution in [0.3, 0.4) is 0 Å². The maximum atomic E-state index is 9.71. The predicted octanol–water partition coefficient (Wildman–Crippen LogP) is 2.44. The van der Waals surface area contributed by atoms with E-state index in [0.717, 1.165) is 56.7 Å². The molecule has 5 nitrogen and oxygen atoms in total. The molecule has 2 atom stereocenters. The molecule has 1 aliphatic rings. The number of benzene rings is 1. The van der Waals surface area contributed by atoms with Gasteiger partial charge in [0.25, 0.3) is 0 Å². The van der Waals surface area contributed by atoms with Crippen LogP contribution in [0.2, 0.25) is 0 Å². The largest absolute Gasteiger partial charge is 0.464 e. The standard InChI is InChI=1S/C20H30N2O3/c1-21(6-8-24-2)11-17-9-18(15-23)14-22(13-17)12-16-3-4-20-19(10-16)5-7-25-20/h3-5,7,10,17-18,23H,6,8-9,11-15H2,1-2H3/t17-,18+/m1/s1. The number of nitrogens with zero attached hydrogens (tertiary/aromatic N) is 2. The number of piperidine rings is 1. The van der Waals surface area contributed by atoms with E-state index in [4.69, 9.17) is 9.15 Å².